The molecule has 107 heavy (non-hydrogen) atoms. The van der Waals surface area contributed by atoms with E-state index in [1.807, 2.05) is 0 Å². The van der Waals surface area contributed by atoms with Crippen LogP contribution < -0.4 is 0 Å². The van der Waals surface area contributed by atoms with Gasteiger partial charge in [0.15, 0.2) is 12.2 Å². The first kappa shape index (κ1) is 105. The molecule has 0 saturated carbocycles. The largest absolute Gasteiger partial charge is 0.472 e. The Balaban J connectivity index is 5.21. The summed E-state index contributed by atoms with van der Waals surface area (Å²) >= 11 is 0. The molecule has 19 heteroatoms. The smallest absolute Gasteiger partial charge is 0.462 e. The summed E-state index contributed by atoms with van der Waals surface area (Å²) < 4.78 is 68.9. The van der Waals surface area contributed by atoms with Gasteiger partial charge < -0.3 is 33.8 Å². The molecule has 0 aromatic heterocycles. The highest BCUT2D eigenvalue weighted by atomic mass is 31.2. The van der Waals surface area contributed by atoms with Gasteiger partial charge in [0.25, 0.3) is 0 Å². The third-order valence-electron chi connectivity index (χ3n) is 21.4. The molecule has 0 amide bonds. The summed E-state index contributed by atoms with van der Waals surface area (Å²) in [5, 5.41) is 10.7. The molecular weight excluding hydrogens is 1390 g/mol. The van der Waals surface area contributed by atoms with Gasteiger partial charge in [-0.05, 0) is 43.4 Å². The van der Waals surface area contributed by atoms with Gasteiger partial charge in [-0.3, -0.25) is 37.3 Å². The lowest BCUT2D eigenvalue weighted by Gasteiger charge is -2.21. The number of aliphatic hydroxyl groups excluding tert-OH is 1. The van der Waals surface area contributed by atoms with Gasteiger partial charge in [0.1, 0.15) is 19.3 Å². The number of esters is 4. The summed E-state index contributed by atoms with van der Waals surface area (Å²) in [6.45, 7) is 12.1. The molecule has 0 aromatic rings. The zero-order valence-electron chi connectivity index (χ0n) is 70.6. The second-order valence-corrected chi connectivity index (χ2v) is 35.5. The van der Waals surface area contributed by atoms with Crippen molar-refractivity contribution in [3.63, 3.8) is 0 Å². The predicted molar refractivity (Wildman–Crippen MR) is 441 cm³/mol. The van der Waals surface area contributed by atoms with Crippen LogP contribution in [0.1, 0.15) is 466 Å². The highest BCUT2D eigenvalue weighted by Crippen LogP contribution is 2.45. The minimum absolute atomic E-state index is 0.108. The third-order valence-corrected chi connectivity index (χ3v) is 23.3. The van der Waals surface area contributed by atoms with Gasteiger partial charge in [-0.25, -0.2) is 9.13 Å². The van der Waals surface area contributed by atoms with Gasteiger partial charge in [0, 0.05) is 25.7 Å². The number of unbranched alkanes of at least 4 members (excludes halogenated alkanes) is 52. The summed E-state index contributed by atoms with van der Waals surface area (Å²) in [7, 11) is -9.93. The number of phosphoric ester groups is 2. The van der Waals surface area contributed by atoms with Crippen molar-refractivity contribution in [2.24, 2.45) is 17.8 Å². The van der Waals surface area contributed by atoms with E-state index in [0.717, 1.165) is 108 Å². The molecule has 4 unspecified atom stereocenters. The van der Waals surface area contributed by atoms with Gasteiger partial charge >= 0.3 is 39.5 Å². The molecule has 0 aliphatic carbocycles. The second kappa shape index (κ2) is 78.0. The lowest BCUT2D eigenvalue weighted by atomic mass is 9.99. The molecule has 0 aliphatic rings. The van der Waals surface area contributed by atoms with Crippen molar-refractivity contribution in [1.29, 1.82) is 0 Å². The minimum Gasteiger partial charge on any atom is -0.462 e. The Morgan fingerprint density at radius 2 is 0.477 bits per heavy atom. The number of hydrogen-bond donors (Lipinski definition) is 3. The van der Waals surface area contributed by atoms with Crippen molar-refractivity contribution in [2.45, 2.75) is 484 Å². The zero-order valence-corrected chi connectivity index (χ0v) is 72.4. The molecule has 0 radical (unpaired) electrons. The van der Waals surface area contributed by atoms with Crippen molar-refractivity contribution < 1.29 is 80.2 Å². The number of aliphatic hydroxyl groups is 1. The monoisotopic (exact) mass is 1560 g/mol. The molecule has 0 fully saturated rings. The fourth-order valence-corrected chi connectivity index (χ4v) is 15.2. The van der Waals surface area contributed by atoms with E-state index < -0.39 is 97.5 Å². The van der Waals surface area contributed by atoms with E-state index in [-0.39, 0.29) is 25.7 Å². The van der Waals surface area contributed by atoms with E-state index in [0.29, 0.717) is 25.7 Å². The Bertz CT molecular complexity index is 2060. The van der Waals surface area contributed by atoms with E-state index in [1.165, 1.54) is 276 Å². The fourth-order valence-electron chi connectivity index (χ4n) is 13.7. The Morgan fingerprint density at radius 1 is 0.271 bits per heavy atom. The molecule has 0 saturated heterocycles. The van der Waals surface area contributed by atoms with Crippen molar-refractivity contribution in [3.05, 3.63) is 0 Å². The van der Waals surface area contributed by atoms with E-state index in [4.69, 9.17) is 37.0 Å². The molecule has 0 heterocycles. The highest BCUT2D eigenvalue weighted by molar-refractivity contribution is 7.47. The number of phosphoric acid groups is 2. The average Bonchev–Trinajstić information content (AvgIpc) is 0.901. The summed E-state index contributed by atoms with van der Waals surface area (Å²) in [5.41, 5.74) is 0. The molecule has 0 bridgehead atoms. The maximum atomic E-state index is 13.2. The van der Waals surface area contributed by atoms with Crippen LogP contribution in [0.4, 0.5) is 0 Å². The van der Waals surface area contributed by atoms with Crippen LogP contribution in [-0.4, -0.2) is 96.7 Å². The van der Waals surface area contributed by atoms with Crippen molar-refractivity contribution in [1.82, 2.24) is 0 Å². The molecular formula is C88H172O17P2. The van der Waals surface area contributed by atoms with Gasteiger partial charge in [-0.15, -0.1) is 0 Å². The SMILES string of the molecule is CCCCCCCCCCCC(=O)OC[C@H](COP(=O)(O)OC[C@H](O)COP(=O)(O)OC[C@@H](COC(=O)CCCCCCCCCCCCCCCCCC(C)C)OC(=O)CCCCCCCCCCCCCCCCCCCCC(C)CC)OC(=O)CCCCCCCCCCCCCCCCC(C)CC. The van der Waals surface area contributed by atoms with Crippen LogP contribution in [0.3, 0.4) is 0 Å². The van der Waals surface area contributed by atoms with Crippen LogP contribution in [0.5, 0.6) is 0 Å². The van der Waals surface area contributed by atoms with E-state index in [1.54, 1.807) is 0 Å². The van der Waals surface area contributed by atoms with E-state index in [9.17, 15) is 43.2 Å². The zero-order chi connectivity index (χ0) is 78.6. The fraction of sp³-hybridized carbons (Fsp3) is 0.955. The van der Waals surface area contributed by atoms with Crippen LogP contribution in [0.2, 0.25) is 0 Å². The van der Waals surface area contributed by atoms with Crippen LogP contribution in [0.25, 0.3) is 0 Å². The van der Waals surface area contributed by atoms with Crippen LogP contribution in [0, 0.1) is 17.8 Å². The van der Waals surface area contributed by atoms with Gasteiger partial charge in [-0.2, -0.15) is 0 Å². The molecule has 7 atom stereocenters. The number of rotatable bonds is 86. The lowest BCUT2D eigenvalue weighted by molar-refractivity contribution is -0.161. The van der Waals surface area contributed by atoms with Crippen LogP contribution >= 0.6 is 15.6 Å². The molecule has 0 aromatic carbocycles. The Morgan fingerprint density at radius 3 is 0.710 bits per heavy atom. The van der Waals surface area contributed by atoms with Gasteiger partial charge in [-0.1, -0.05) is 414 Å². The Kier molecular flexibility index (Phi) is 76.6. The van der Waals surface area contributed by atoms with E-state index in [2.05, 4.69) is 48.5 Å². The van der Waals surface area contributed by atoms with Crippen molar-refractivity contribution in [3.8, 4) is 0 Å². The normalized spacial score (nSPS) is 14.3. The number of hydrogen-bond acceptors (Lipinski definition) is 15. The summed E-state index contributed by atoms with van der Waals surface area (Å²) in [5.74, 6) is 0.421. The highest BCUT2D eigenvalue weighted by Gasteiger charge is 2.31. The molecule has 0 rings (SSSR count). The Labute approximate surface area is 658 Å². The quantitative estimate of drug-likeness (QED) is 0.0222. The molecule has 0 spiro atoms. The molecule has 636 valence electrons. The lowest BCUT2D eigenvalue weighted by Crippen LogP contribution is -2.30. The summed E-state index contributed by atoms with van der Waals surface area (Å²) in [4.78, 5) is 73.2. The molecule has 0 aliphatic heterocycles. The Hall–Kier alpha value is -1.94. The first-order valence-corrected chi connectivity index (χ1v) is 48.4. The van der Waals surface area contributed by atoms with Crippen LogP contribution in [-0.2, 0) is 65.4 Å². The summed E-state index contributed by atoms with van der Waals surface area (Å²) in [6, 6.07) is 0. The summed E-state index contributed by atoms with van der Waals surface area (Å²) in [6.07, 6.45) is 69.3. The van der Waals surface area contributed by atoms with Crippen molar-refractivity contribution >= 4 is 39.5 Å². The first-order chi connectivity index (χ1) is 51.8. The molecule has 3 N–H and O–H groups in total. The topological polar surface area (TPSA) is 237 Å². The minimum atomic E-state index is -4.97. The average molecular weight is 1560 g/mol. The standard InChI is InChI=1S/C88H172O17P2/c1-8-11-12-13-14-38-48-55-62-69-85(90)98-75-83(104-87(92)72-65-58-51-44-37-31-25-24-28-34-41-47-54-61-68-81(7)10-3)77-102-106(94,95)100-73-82(89)74-101-107(96,97)103-78-84(76-99-86(91)70-63-56-49-42-35-29-23-19-20-26-32-39-45-52-59-66-79(4)5)105-88(93)71-64-57-50-43-36-30-22-18-16-15-17-21-27-33-40-46-53-60-67-80(6)9-2/h79-84,89H,8-78H2,1-7H3,(H,94,95)(H,96,97)/t80?,81?,82-,83+,84+/m0/s1. The number of carbonyl (C=O) groups excluding carboxylic acids is 4. The number of ether oxygens (including phenoxy) is 4. The third kappa shape index (κ3) is 79.1. The first-order valence-electron chi connectivity index (χ1n) is 45.4. The maximum Gasteiger partial charge on any atom is 0.472 e. The maximum absolute atomic E-state index is 13.2. The van der Waals surface area contributed by atoms with Crippen LogP contribution in [0.15, 0.2) is 0 Å². The van der Waals surface area contributed by atoms with Crippen molar-refractivity contribution in [2.75, 3.05) is 39.6 Å². The second-order valence-electron chi connectivity index (χ2n) is 32.6. The number of carbonyl (C=O) groups is 4. The van der Waals surface area contributed by atoms with Gasteiger partial charge in [0.05, 0.1) is 26.4 Å². The predicted octanol–water partition coefficient (Wildman–Crippen LogP) is 26.9. The van der Waals surface area contributed by atoms with E-state index >= 15 is 0 Å². The molecule has 17 nitrogen and oxygen atoms in total. The van der Waals surface area contributed by atoms with Gasteiger partial charge in [0.2, 0.25) is 0 Å².